The van der Waals surface area contributed by atoms with E-state index in [0.29, 0.717) is 6.54 Å². The summed E-state index contributed by atoms with van der Waals surface area (Å²) in [4.78, 5) is 12.0. The van der Waals surface area contributed by atoms with Gasteiger partial charge in [0.2, 0.25) is 0 Å². The first-order chi connectivity index (χ1) is 7.40. The van der Waals surface area contributed by atoms with Crippen LogP contribution in [0.4, 0.5) is 0 Å². The van der Waals surface area contributed by atoms with Gasteiger partial charge >= 0.3 is 0 Å². The molecule has 0 radical (unpaired) electrons. The number of azide groups is 1. The molecule has 6 heteroatoms. The maximum absolute atomic E-state index is 8.18. The minimum atomic E-state index is 0.348. The van der Waals surface area contributed by atoms with Gasteiger partial charge in [-0.05, 0) is 17.7 Å². The summed E-state index contributed by atoms with van der Waals surface area (Å²) in [5, 5.41) is 4.33. The monoisotopic (exact) mass is 217 g/mol. The molecule has 0 atom stereocenters. The van der Waals surface area contributed by atoms with Crippen molar-refractivity contribution in [2.75, 3.05) is 0 Å². The van der Waals surface area contributed by atoms with Crippen LogP contribution < -0.4 is 0 Å². The number of hydrogen-bond donors (Lipinski definition) is 0. The topological polar surface area (TPSA) is 74.5 Å². The molecular weight excluding hydrogens is 210 g/mol. The lowest BCUT2D eigenvalue weighted by Gasteiger charge is -1.91. The summed E-state index contributed by atoms with van der Waals surface area (Å²) >= 11 is 1.49. The van der Waals surface area contributed by atoms with Gasteiger partial charge in [0.1, 0.15) is 5.01 Å². The third-order valence-corrected chi connectivity index (χ3v) is 2.73. The lowest BCUT2D eigenvalue weighted by Crippen LogP contribution is -1.78. The van der Waals surface area contributed by atoms with Gasteiger partial charge in [-0.2, -0.15) is 0 Å². The number of thiazole rings is 1. The Kier molecular flexibility index (Phi) is 2.92. The van der Waals surface area contributed by atoms with E-state index in [0.717, 1.165) is 15.6 Å². The highest BCUT2D eigenvalue weighted by Gasteiger charge is 2.03. The van der Waals surface area contributed by atoms with Gasteiger partial charge in [0.25, 0.3) is 0 Å². The number of pyridine rings is 1. The number of aromatic nitrogens is 2. The van der Waals surface area contributed by atoms with Crippen LogP contribution in [0.3, 0.4) is 0 Å². The van der Waals surface area contributed by atoms with Crippen molar-refractivity contribution >= 4 is 11.3 Å². The van der Waals surface area contributed by atoms with Crippen molar-refractivity contribution in [1.29, 1.82) is 0 Å². The summed E-state index contributed by atoms with van der Waals surface area (Å²) in [6.45, 7) is 0.348. The lowest BCUT2D eigenvalue weighted by molar-refractivity contribution is 1.07. The smallest absolute Gasteiger partial charge is 0.142 e. The molecule has 0 spiro atoms. The highest BCUT2D eigenvalue weighted by molar-refractivity contribution is 7.14. The van der Waals surface area contributed by atoms with Crippen LogP contribution in [0.5, 0.6) is 0 Å². The Hall–Kier alpha value is -1.91. The van der Waals surface area contributed by atoms with E-state index in [2.05, 4.69) is 20.0 Å². The molecule has 0 unspecified atom stereocenters. The molecule has 0 N–H and O–H groups in total. The van der Waals surface area contributed by atoms with Crippen LogP contribution in [-0.2, 0) is 6.54 Å². The third-order valence-electron chi connectivity index (χ3n) is 1.73. The third kappa shape index (κ3) is 2.31. The summed E-state index contributed by atoms with van der Waals surface area (Å²) in [6.07, 6.45) is 3.44. The summed E-state index contributed by atoms with van der Waals surface area (Å²) in [6, 6.07) is 5.67. The molecule has 0 aliphatic heterocycles. The van der Waals surface area contributed by atoms with Gasteiger partial charge in [0.05, 0.1) is 12.2 Å². The molecule has 2 aromatic heterocycles. The molecule has 74 valence electrons. The molecule has 0 fully saturated rings. The molecule has 0 saturated heterocycles. The average Bonchev–Trinajstić information content (AvgIpc) is 2.76. The molecule has 0 saturated carbocycles. The van der Waals surface area contributed by atoms with Crippen molar-refractivity contribution < 1.29 is 0 Å². The first-order valence-corrected chi connectivity index (χ1v) is 5.09. The fourth-order valence-corrected chi connectivity index (χ4v) is 1.90. The fourth-order valence-electron chi connectivity index (χ4n) is 1.09. The number of rotatable bonds is 3. The van der Waals surface area contributed by atoms with E-state index < -0.39 is 0 Å². The Balaban J connectivity index is 2.24. The van der Waals surface area contributed by atoms with E-state index in [1.807, 2.05) is 18.2 Å². The van der Waals surface area contributed by atoms with Crippen molar-refractivity contribution in [1.82, 2.24) is 9.97 Å². The summed E-state index contributed by atoms with van der Waals surface area (Å²) in [7, 11) is 0. The molecule has 0 bridgehead atoms. The predicted molar refractivity (Wildman–Crippen MR) is 58.2 cm³/mol. The second kappa shape index (κ2) is 4.54. The van der Waals surface area contributed by atoms with E-state index in [9.17, 15) is 0 Å². The fraction of sp³-hybridized carbons (Fsp3) is 0.111. The number of hydrogen-bond acceptors (Lipinski definition) is 4. The Labute approximate surface area is 90.1 Å². The van der Waals surface area contributed by atoms with Gasteiger partial charge in [0, 0.05) is 22.2 Å². The summed E-state index contributed by atoms with van der Waals surface area (Å²) in [5.74, 6) is 0. The standard InChI is InChI=1S/C9H7N5S/c10-14-13-6-7-5-12-9(15-7)8-3-1-2-4-11-8/h1-5H,6H2. The molecular formula is C9H7N5S. The van der Waals surface area contributed by atoms with Crippen LogP contribution in [0, 0.1) is 0 Å². The van der Waals surface area contributed by atoms with Gasteiger partial charge < -0.3 is 0 Å². The van der Waals surface area contributed by atoms with Gasteiger partial charge in [-0.1, -0.05) is 11.2 Å². The first-order valence-electron chi connectivity index (χ1n) is 4.27. The van der Waals surface area contributed by atoms with Crippen molar-refractivity contribution in [3.63, 3.8) is 0 Å². The van der Waals surface area contributed by atoms with E-state index in [4.69, 9.17) is 5.53 Å². The zero-order chi connectivity index (χ0) is 10.5. The van der Waals surface area contributed by atoms with Gasteiger partial charge in [-0.15, -0.1) is 11.3 Å². The zero-order valence-corrected chi connectivity index (χ0v) is 8.55. The van der Waals surface area contributed by atoms with E-state index >= 15 is 0 Å². The molecule has 2 aromatic rings. The number of nitrogens with zero attached hydrogens (tertiary/aromatic N) is 5. The van der Waals surface area contributed by atoms with Crippen molar-refractivity contribution in [2.24, 2.45) is 5.11 Å². The van der Waals surface area contributed by atoms with E-state index in [1.54, 1.807) is 12.4 Å². The van der Waals surface area contributed by atoms with Crippen molar-refractivity contribution in [3.8, 4) is 10.7 Å². The predicted octanol–water partition coefficient (Wildman–Crippen LogP) is 3.02. The molecule has 2 rings (SSSR count). The SMILES string of the molecule is [N-]=[N+]=NCc1cnc(-c2ccccn2)s1. The lowest BCUT2D eigenvalue weighted by atomic mass is 10.4. The Morgan fingerprint density at radius 2 is 2.33 bits per heavy atom. The largest absolute Gasteiger partial charge is 0.254 e. The van der Waals surface area contributed by atoms with Crippen LogP contribution in [-0.4, -0.2) is 9.97 Å². The van der Waals surface area contributed by atoms with Crippen LogP contribution in [0.2, 0.25) is 0 Å². The summed E-state index contributed by atoms with van der Waals surface area (Å²) in [5.41, 5.74) is 9.02. The highest BCUT2D eigenvalue weighted by atomic mass is 32.1. The zero-order valence-electron chi connectivity index (χ0n) is 7.74. The van der Waals surface area contributed by atoms with Crippen LogP contribution >= 0.6 is 11.3 Å². The van der Waals surface area contributed by atoms with Crippen molar-refractivity contribution in [3.05, 3.63) is 45.9 Å². The maximum atomic E-state index is 8.18. The molecule has 0 aromatic carbocycles. The Morgan fingerprint density at radius 1 is 1.40 bits per heavy atom. The van der Waals surface area contributed by atoms with Gasteiger partial charge in [-0.25, -0.2) is 4.98 Å². The second-order valence-electron chi connectivity index (χ2n) is 2.74. The van der Waals surface area contributed by atoms with Crippen LogP contribution in [0.1, 0.15) is 4.88 Å². The molecule has 5 nitrogen and oxygen atoms in total. The normalized spacial score (nSPS) is 9.60. The molecule has 0 aliphatic rings. The minimum Gasteiger partial charge on any atom is -0.254 e. The Bertz CT molecular complexity index is 486. The van der Waals surface area contributed by atoms with E-state index in [-0.39, 0.29) is 0 Å². The first kappa shape index (κ1) is 9.64. The average molecular weight is 217 g/mol. The van der Waals surface area contributed by atoms with E-state index in [1.165, 1.54) is 11.3 Å². The quantitative estimate of drug-likeness (QED) is 0.450. The summed E-state index contributed by atoms with van der Waals surface area (Å²) < 4.78 is 0. The van der Waals surface area contributed by atoms with Gasteiger partial charge in [-0.3, -0.25) is 4.98 Å². The van der Waals surface area contributed by atoms with Crippen LogP contribution in [0.25, 0.3) is 21.1 Å². The highest BCUT2D eigenvalue weighted by Crippen LogP contribution is 2.23. The molecule has 2 heterocycles. The maximum Gasteiger partial charge on any atom is 0.142 e. The Morgan fingerprint density at radius 3 is 3.07 bits per heavy atom. The second-order valence-corrected chi connectivity index (χ2v) is 3.85. The molecule has 0 aliphatic carbocycles. The van der Waals surface area contributed by atoms with Gasteiger partial charge in [0.15, 0.2) is 0 Å². The van der Waals surface area contributed by atoms with Crippen LogP contribution in [0.15, 0.2) is 35.7 Å². The molecule has 15 heavy (non-hydrogen) atoms. The minimum absolute atomic E-state index is 0.348. The van der Waals surface area contributed by atoms with Crippen molar-refractivity contribution in [2.45, 2.75) is 6.54 Å². The molecule has 0 amide bonds.